The lowest BCUT2D eigenvalue weighted by Gasteiger charge is -2.10. The van der Waals surface area contributed by atoms with Crippen molar-refractivity contribution in [1.82, 2.24) is 18.3 Å². The van der Waals surface area contributed by atoms with Gasteiger partial charge in [-0.25, -0.2) is 9.59 Å². The van der Waals surface area contributed by atoms with Crippen molar-refractivity contribution in [2.45, 2.75) is 6.54 Å². The molecule has 0 aliphatic carbocycles. The molecule has 0 atom stereocenters. The van der Waals surface area contributed by atoms with E-state index in [-0.39, 0.29) is 18.0 Å². The van der Waals surface area contributed by atoms with E-state index in [0.29, 0.717) is 27.5 Å². The lowest BCUT2D eigenvalue weighted by atomic mass is 10.1. The topological polar surface area (TPSA) is 88.0 Å². The van der Waals surface area contributed by atoms with Crippen molar-refractivity contribution in [2.24, 2.45) is 21.1 Å². The number of fused-ring (bicyclic) bond motifs is 2. The maximum Gasteiger partial charge on any atom is 0.331 e. The van der Waals surface area contributed by atoms with E-state index in [1.54, 1.807) is 63.6 Å². The van der Waals surface area contributed by atoms with Gasteiger partial charge in [0, 0.05) is 26.7 Å². The Hall–Kier alpha value is -3.68. The van der Waals surface area contributed by atoms with Crippen LogP contribution in [0.4, 0.5) is 0 Å². The summed E-state index contributed by atoms with van der Waals surface area (Å²) >= 11 is 0. The van der Waals surface area contributed by atoms with E-state index in [1.807, 2.05) is 0 Å². The molecule has 2 aromatic heterocycles. The highest BCUT2D eigenvalue weighted by Crippen LogP contribution is 2.15. The Morgan fingerprint density at radius 2 is 1.43 bits per heavy atom. The van der Waals surface area contributed by atoms with Gasteiger partial charge < -0.3 is 0 Å². The third-order valence-electron chi connectivity index (χ3n) is 5.15. The van der Waals surface area contributed by atoms with Gasteiger partial charge in [-0.3, -0.25) is 27.9 Å². The zero-order valence-electron chi connectivity index (χ0n) is 15.7. The Bertz CT molecular complexity index is 1450. The molecule has 4 rings (SSSR count). The molecule has 4 aromatic rings. The van der Waals surface area contributed by atoms with Gasteiger partial charge in [0.2, 0.25) is 0 Å². The summed E-state index contributed by atoms with van der Waals surface area (Å²) in [7, 11) is 4.85. The molecule has 0 unspecified atom stereocenters. The summed E-state index contributed by atoms with van der Waals surface area (Å²) < 4.78 is 5.24. The summed E-state index contributed by atoms with van der Waals surface area (Å²) in [5.41, 5.74) is 0.905. The van der Waals surface area contributed by atoms with E-state index >= 15 is 0 Å². The van der Waals surface area contributed by atoms with E-state index < -0.39 is 11.2 Å². The summed E-state index contributed by atoms with van der Waals surface area (Å²) in [4.78, 5) is 50.2. The normalized spacial score (nSPS) is 11.4. The summed E-state index contributed by atoms with van der Waals surface area (Å²) in [6.45, 7) is -0.372. The van der Waals surface area contributed by atoms with E-state index in [1.165, 1.54) is 13.7 Å². The first-order chi connectivity index (χ1) is 13.3. The minimum atomic E-state index is -0.551. The number of Topliss-reactive ketones (excluding diaryl/α,β-unsaturated/α-hetero) is 1. The van der Waals surface area contributed by atoms with Gasteiger partial charge >= 0.3 is 11.4 Å². The highest BCUT2D eigenvalue weighted by molar-refractivity contribution is 5.99. The van der Waals surface area contributed by atoms with Crippen LogP contribution in [-0.2, 0) is 27.7 Å². The molecule has 0 bridgehead atoms. The number of imidazole rings is 1. The number of carbonyl (C=O) groups excluding carboxylic acids is 1. The van der Waals surface area contributed by atoms with Gasteiger partial charge in [-0.05, 0) is 30.3 Å². The third kappa shape index (κ3) is 2.45. The number of aryl methyl sites for hydroxylation is 3. The van der Waals surface area contributed by atoms with E-state index in [0.717, 1.165) is 4.57 Å². The maximum absolute atomic E-state index is 12.8. The fourth-order valence-corrected chi connectivity index (χ4v) is 3.52. The summed E-state index contributed by atoms with van der Waals surface area (Å²) in [5.74, 6) is -0.382. The van der Waals surface area contributed by atoms with Crippen molar-refractivity contribution < 1.29 is 4.79 Å². The first-order valence-corrected chi connectivity index (χ1v) is 8.68. The molecular weight excluding hydrogens is 360 g/mol. The number of rotatable bonds is 3. The highest BCUT2D eigenvalue weighted by atomic mass is 16.2. The average molecular weight is 378 g/mol. The van der Waals surface area contributed by atoms with E-state index in [2.05, 4.69) is 0 Å². The Morgan fingerprint density at radius 1 is 0.786 bits per heavy atom. The molecule has 0 spiro atoms. The van der Waals surface area contributed by atoms with Crippen molar-refractivity contribution in [3.63, 3.8) is 0 Å². The Kier molecular flexibility index (Phi) is 3.92. The lowest BCUT2D eigenvalue weighted by Crippen LogP contribution is -2.40. The monoisotopic (exact) mass is 378 g/mol. The summed E-state index contributed by atoms with van der Waals surface area (Å²) in [6.07, 6.45) is 0. The molecule has 28 heavy (non-hydrogen) atoms. The predicted molar refractivity (Wildman–Crippen MR) is 106 cm³/mol. The number of aromatic nitrogens is 4. The second kappa shape index (κ2) is 6.19. The molecular formula is C20H18N4O4. The molecule has 2 aromatic carbocycles. The van der Waals surface area contributed by atoms with Crippen LogP contribution >= 0.6 is 0 Å². The van der Waals surface area contributed by atoms with Crippen LogP contribution in [0.2, 0.25) is 0 Å². The van der Waals surface area contributed by atoms with Gasteiger partial charge in [-0.1, -0.05) is 12.1 Å². The van der Waals surface area contributed by atoms with Crippen molar-refractivity contribution in [2.75, 3.05) is 0 Å². The fraction of sp³-hybridized carbons (Fsp3) is 0.200. The first kappa shape index (κ1) is 17.7. The Morgan fingerprint density at radius 3 is 2.18 bits per heavy atom. The average Bonchev–Trinajstić information content (AvgIpc) is 2.93. The molecule has 0 fully saturated rings. The van der Waals surface area contributed by atoms with Crippen LogP contribution in [0.3, 0.4) is 0 Å². The smallest absolute Gasteiger partial charge is 0.296 e. The third-order valence-corrected chi connectivity index (χ3v) is 5.15. The number of ketones is 1. The SMILES string of the molecule is Cn1c(=O)n(CC(=O)c2ccc3c(c2)n(C)c(=O)n3C)c(=O)c2ccccc21. The highest BCUT2D eigenvalue weighted by Gasteiger charge is 2.16. The number of hydrogen-bond donors (Lipinski definition) is 0. The standard InChI is InChI=1S/C20H18N4O4/c1-21-14-7-5-4-6-13(14)18(26)24(20(21)28)11-17(25)12-8-9-15-16(10-12)23(3)19(27)22(15)2/h4-10H,11H2,1-3H3. The van der Waals surface area contributed by atoms with Gasteiger partial charge in [-0.2, -0.15) is 0 Å². The van der Waals surface area contributed by atoms with Crippen LogP contribution in [0.1, 0.15) is 10.4 Å². The number of benzene rings is 2. The number of para-hydroxylation sites is 1. The first-order valence-electron chi connectivity index (χ1n) is 8.68. The largest absolute Gasteiger partial charge is 0.331 e. The van der Waals surface area contributed by atoms with Crippen LogP contribution in [0, 0.1) is 0 Å². The molecule has 0 amide bonds. The zero-order valence-corrected chi connectivity index (χ0v) is 15.7. The van der Waals surface area contributed by atoms with Gasteiger partial charge in [-0.15, -0.1) is 0 Å². The van der Waals surface area contributed by atoms with E-state index in [4.69, 9.17) is 0 Å². The molecule has 8 nitrogen and oxygen atoms in total. The van der Waals surface area contributed by atoms with Gasteiger partial charge in [0.05, 0.1) is 28.5 Å². The minimum absolute atomic E-state index is 0.195. The van der Waals surface area contributed by atoms with Crippen molar-refractivity contribution in [1.29, 1.82) is 0 Å². The Labute approximate surface area is 158 Å². The minimum Gasteiger partial charge on any atom is -0.296 e. The second-order valence-corrected chi connectivity index (χ2v) is 6.78. The second-order valence-electron chi connectivity index (χ2n) is 6.78. The van der Waals surface area contributed by atoms with Crippen LogP contribution in [0.25, 0.3) is 21.9 Å². The molecule has 0 N–H and O–H groups in total. The summed E-state index contributed by atoms with van der Waals surface area (Å²) in [5, 5.41) is 0.373. The molecule has 0 saturated heterocycles. The van der Waals surface area contributed by atoms with Crippen LogP contribution in [0.5, 0.6) is 0 Å². The van der Waals surface area contributed by atoms with Gasteiger partial charge in [0.1, 0.15) is 0 Å². The Balaban J connectivity index is 1.82. The number of carbonyl (C=O) groups is 1. The summed E-state index contributed by atoms with van der Waals surface area (Å²) in [6, 6.07) is 11.7. The molecule has 8 heteroatoms. The predicted octanol–water partition coefficient (Wildman–Crippen LogP) is 0.773. The van der Waals surface area contributed by atoms with Crippen molar-refractivity contribution >= 4 is 27.7 Å². The number of hydrogen-bond acceptors (Lipinski definition) is 4. The molecule has 0 aliphatic rings. The van der Waals surface area contributed by atoms with E-state index in [9.17, 15) is 19.2 Å². The zero-order chi connectivity index (χ0) is 20.2. The fourth-order valence-electron chi connectivity index (χ4n) is 3.52. The lowest BCUT2D eigenvalue weighted by molar-refractivity contribution is 0.0969. The molecule has 2 heterocycles. The number of nitrogens with zero attached hydrogens (tertiary/aromatic N) is 4. The molecule has 0 radical (unpaired) electrons. The van der Waals surface area contributed by atoms with Gasteiger partial charge in [0.25, 0.3) is 5.56 Å². The van der Waals surface area contributed by atoms with Gasteiger partial charge in [0.15, 0.2) is 5.78 Å². The quantitative estimate of drug-likeness (QED) is 0.493. The molecule has 0 saturated carbocycles. The maximum atomic E-state index is 12.8. The van der Waals surface area contributed by atoms with Crippen LogP contribution < -0.4 is 16.9 Å². The van der Waals surface area contributed by atoms with Crippen molar-refractivity contribution in [3.8, 4) is 0 Å². The van der Waals surface area contributed by atoms with Crippen LogP contribution in [-0.4, -0.2) is 24.1 Å². The molecule has 0 aliphatic heterocycles. The van der Waals surface area contributed by atoms with Crippen molar-refractivity contribution in [3.05, 3.63) is 79.4 Å². The van der Waals surface area contributed by atoms with Crippen LogP contribution in [0.15, 0.2) is 56.8 Å². The molecule has 142 valence electrons.